The van der Waals surface area contributed by atoms with Crippen LogP contribution in [0, 0.1) is 0 Å². The minimum atomic E-state index is -4.61. The second-order valence-corrected chi connectivity index (χ2v) is 6.91. The number of hydroxylamine groups is 3. The summed E-state index contributed by atoms with van der Waals surface area (Å²) in [6.07, 6.45) is 0. The summed E-state index contributed by atoms with van der Waals surface area (Å²) in [5.41, 5.74) is 8.98. The monoisotopic (exact) mass is 374 g/mol. The van der Waals surface area contributed by atoms with Crippen LogP contribution >= 0.6 is 0 Å². The maximum atomic E-state index is 10.9. The van der Waals surface area contributed by atoms with Crippen molar-refractivity contribution in [2.24, 2.45) is 0 Å². The van der Waals surface area contributed by atoms with Gasteiger partial charge in [0.2, 0.25) is 0 Å². The molecule has 0 aliphatic carbocycles. The molecule has 0 unspecified atom stereocenters. The Morgan fingerprint density at radius 1 is 0.652 bits per heavy atom. The van der Waals surface area contributed by atoms with Gasteiger partial charge < -0.3 is 0 Å². The Morgan fingerprint density at radius 3 is 1.09 bits per heavy atom. The van der Waals surface area contributed by atoms with Gasteiger partial charge in [-0.25, -0.2) is 0 Å². The summed E-state index contributed by atoms with van der Waals surface area (Å²) in [7, 11) is 0. The van der Waals surface area contributed by atoms with Crippen molar-refractivity contribution in [1.82, 2.24) is 31.8 Å². The summed E-state index contributed by atoms with van der Waals surface area (Å²) in [5.74, 6) is 0. The molecule has 0 atom stereocenters. The summed E-state index contributed by atoms with van der Waals surface area (Å²) in [4.78, 5) is 0. The third-order valence-corrected chi connectivity index (χ3v) is 4.65. The van der Waals surface area contributed by atoms with Gasteiger partial charge in [-0.1, -0.05) is 0 Å². The van der Waals surface area contributed by atoms with Crippen LogP contribution in [-0.2, 0) is 28.4 Å². The van der Waals surface area contributed by atoms with Crippen LogP contribution in [0.2, 0.25) is 0 Å². The SMILES string of the molecule is CCNN(CC)[O][Ti]([OH])([O]N(CC)NCC)[O]N(CC)NCC. The van der Waals surface area contributed by atoms with Crippen molar-refractivity contribution in [3.8, 4) is 0 Å². The molecule has 11 heteroatoms. The van der Waals surface area contributed by atoms with Crippen LogP contribution in [0.4, 0.5) is 0 Å². The average molecular weight is 374 g/mol. The summed E-state index contributed by atoms with van der Waals surface area (Å²) < 4.78 is 27.8. The molecule has 0 saturated carbocycles. The van der Waals surface area contributed by atoms with E-state index >= 15 is 0 Å². The zero-order valence-electron chi connectivity index (χ0n) is 15.3. The molecule has 0 radical (unpaired) electrons. The fraction of sp³-hybridized carbons (Fsp3) is 1.00. The zero-order valence-corrected chi connectivity index (χ0v) is 16.8. The van der Waals surface area contributed by atoms with E-state index in [0.717, 1.165) is 0 Å². The Morgan fingerprint density at radius 2 is 0.913 bits per heavy atom. The molecule has 0 saturated heterocycles. The average Bonchev–Trinajstić information content (AvgIpc) is 2.53. The third-order valence-electron chi connectivity index (χ3n) is 2.54. The fourth-order valence-corrected chi connectivity index (χ4v) is 3.99. The van der Waals surface area contributed by atoms with E-state index < -0.39 is 18.1 Å². The molecule has 4 N–H and O–H groups in total. The number of hydrazine groups is 3. The normalized spacial score (nSPS) is 12.8. The summed E-state index contributed by atoms with van der Waals surface area (Å²) in [5, 5.41) is 4.29. The van der Waals surface area contributed by atoms with E-state index in [1.54, 1.807) is 0 Å². The summed E-state index contributed by atoms with van der Waals surface area (Å²) >= 11 is -4.61. The van der Waals surface area contributed by atoms with Crippen LogP contribution in [0.25, 0.3) is 0 Å². The van der Waals surface area contributed by atoms with Gasteiger partial charge in [-0.15, -0.1) is 0 Å². The summed E-state index contributed by atoms with van der Waals surface area (Å²) in [6.45, 7) is 15.0. The van der Waals surface area contributed by atoms with Crippen molar-refractivity contribution >= 4 is 0 Å². The minimum absolute atomic E-state index is 0.523. The molecule has 0 aromatic rings. The topological polar surface area (TPSA) is 93.7 Å². The predicted molar refractivity (Wildman–Crippen MR) is 83.6 cm³/mol. The summed E-state index contributed by atoms with van der Waals surface area (Å²) in [6, 6.07) is 0. The van der Waals surface area contributed by atoms with Crippen LogP contribution in [-0.4, -0.2) is 58.5 Å². The van der Waals surface area contributed by atoms with E-state index in [2.05, 4.69) is 16.3 Å². The predicted octanol–water partition coefficient (Wildman–Crippen LogP) is 0.127. The first-order valence-corrected chi connectivity index (χ1v) is 10.9. The van der Waals surface area contributed by atoms with Crippen molar-refractivity contribution in [2.75, 3.05) is 39.3 Å². The Balaban J connectivity index is 5.05. The van der Waals surface area contributed by atoms with E-state index in [1.165, 1.54) is 15.5 Å². The van der Waals surface area contributed by atoms with E-state index in [9.17, 15) is 3.69 Å². The number of hydrogen-bond donors (Lipinski definition) is 4. The van der Waals surface area contributed by atoms with Gasteiger partial charge in [-0.3, -0.25) is 0 Å². The molecular weight excluding hydrogens is 340 g/mol. The first-order valence-electron chi connectivity index (χ1n) is 8.31. The maximum absolute atomic E-state index is 10.9. The molecule has 0 spiro atoms. The molecule has 0 aliphatic rings. The van der Waals surface area contributed by atoms with Crippen LogP contribution in [0.1, 0.15) is 41.5 Å². The number of nitrogens with one attached hydrogen (secondary N) is 3. The zero-order chi connectivity index (χ0) is 17.7. The molecule has 140 valence electrons. The first kappa shape index (κ1) is 23.3. The van der Waals surface area contributed by atoms with Gasteiger partial charge in [0.05, 0.1) is 0 Å². The van der Waals surface area contributed by atoms with Gasteiger partial charge >= 0.3 is 145 Å². The molecule has 23 heavy (non-hydrogen) atoms. The van der Waals surface area contributed by atoms with Gasteiger partial charge in [0.15, 0.2) is 0 Å². The van der Waals surface area contributed by atoms with Crippen molar-refractivity contribution in [3.63, 3.8) is 0 Å². The van der Waals surface area contributed by atoms with E-state index in [0.29, 0.717) is 39.3 Å². The molecule has 10 nitrogen and oxygen atoms in total. The molecule has 0 aromatic heterocycles. The molecule has 0 rings (SSSR count). The van der Waals surface area contributed by atoms with Crippen LogP contribution < -0.4 is 16.3 Å². The molecular formula is C12H34N6O4Ti. The Labute approximate surface area is 145 Å². The number of nitrogens with zero attached hydrogens (tertiary/aromatic N) is 3. The van der Waals surface area contributed by atoms with Gasteiger partial charge in [-0.05, 0) is 0 Å². The van der Waals surface area contributed by atoms with Crippen molar-refractivity contribution in [3.05, 3.63) is 0 Å². The Bertz CT molecular complexity index is 251. The molecule has 0 amide bonds. The van der Waals surface area contributed by atoms with Crippen LogP contribution in [0.5, 0.6) is 0 Å². The quantitative estimate of drug-likeness (QED) is 0.234. The second kappa shape index (κ2) is 13.6. The first-order chi connectivity index (χ1) is 11.0. The molecule has 0 fully saturated rings. The number of hydrogen-bond acceptors (Lipinski definition) is 10. The third kappa shape index (κ3) is 10.0. The Kier molecular flexibility index (Phi) is 13.8. The van der Waals surface area contributed by atoms with E-state index in [1.807, 2.05) is 41.5 Å². The molecule has 0 aliphatic heterocycles. The number of rotatable bonds is 15. The van der Waals surface area contributed by atoms with Gasteiger partial charge in [0.25, 0.3) is 0 Å². The molecule has 0 aromatic carbocycles. The van der Waals surface area contributed by atoms with Crippen LogP contribution in [0.3, 0.4) is 0 Å². The second-order valence-electron chi connectivity index (χ2n) is 4.42. The Hall–Kier alpha value is 0.314. The van der Waals surface area contributed by atoms with E-state index in [4.69, 9.17) is 10.3 Å². The molecule has 0 heterocycles. The van der Waals surface area contributed by atoms with E-state index in [-0.39, 0.29) is 0 Å². The molecule has 0 bridgehead atoms. The van der Waals surface area contributed by atoms with Crippen molar-refractivity contribution in [1.29, 1.82) is 0 Å². The van der Waals surface area contributed by atoms with Crippen LogP contribution in [0.15, 0.2) is 0 Å². The fourth-order valence-electron chi connectivity index (χ4n) is 1.62. The van der Waals surface area contributed by atoms with Crippen molar-refractivity contribution < 1.29 is 32.1 Å². The van der Waals surface area contributed by atoms with Gasteiger partial charge in [0, 0.05) is 0 Å². The van der Waals surface area contributed by atoms with Gasteiger partial charge in [0.1, 0.15) is 0 Å². The van der Waals surface area contributed by atoms with Gasteiger partial charge in [-0.2, -0.15) is 0 Å². The standard InChI is InChI=1S/3C4H11N2O.H2O.Ti/c3*1-3-5-6(7)4-2;;/h3*5H,3-4H2,1-2H3;1H2;/q3*-1;;+4/p-1. The van der Waals surface area contributed by atoms with Crippen molar-refractivity contribution in [2.45, 2.75) is 41.5 Å².